The highest BCUT2D eigenvalue weighted by molar-refractivity contribution is 5.92. The lowest BCUT2D eigenvalue weighted by Gasteiger charge is -2.20. The summed E-state index contributed by atoms with van der Waals surface area (Å²) >= 11 is 0. The van der Waals surface area contributed by atoms with E-state index in [0.29, 0.717) is 5.92 Å². The first-order valence-electron chi connectivity index (χ1n) is 9.16. The molecule has 0 aliphatic carbocycles. The minimum absolute atomic E-state index is 0.0959. The fourth-order valence-electron chi connectivity index (χ4n) is 3.04. The molecule has 0 spiro atoms. The van der Waals surface area contributed by atoms with Gasteiger partial charge in [0.1, 0.15) is 11.5 Å². The highest BCUT2D eigenvalue weighted by atomic mass is 16.5. The molecule has 0 aliphatic heterocycles. The molecule has 4 nitrogen and oxygen atoms in total. The van der Waals surface area contributed by atoms with Gasteiger partial charge in [-0.2, -0.15) is 0 Å². The van der Waals surface area contributed by atoms with Gasteiger partial charge in [-0.25, -0.2) is 0 Å². The monoisotopic (exact) mass is 367 g/mol. The number of benzene rings is 2. The zero-order chi connectivity index (χ0) is 20.0. The van der Waals surface area contributed by atoms with Crippen LogP contribution in [0.1, 0.15) is 55.0 Å². The Hall–Kier alpha value is -2.75. The van der Waals surface area contributed by atoms with Crippen molar-refractivity contribution in [2.45, 2.75) is 39.7 Å². The first-order valence-corrected chi connectivity index (χ1v) is 9.16. The lowest BCUT2D eigenvalue weighted by Crippen LogP contribution is -2.25. The average Bonchev–Trinajstić information content (AvgIpc) is 2.66. The van der Waals surface area contributed by atoms with E-state index in [-0.39, 0.29) is 11.9 Å². The van der Waals surface area contributed by atoms with Gasteiger partial charge < -0.3 is 14.8 Å². The zero-order valence-corrected chi connectivity index (χ0v) is 17.0. The largest absolute Gasteiger partial charge is 0.497 e. The van der Waals surface area contributed by atoms with Crippen LogP contribution in [0.2, 0.25) is 0 Å². The average molecular weight is 367 g/mol. The number of hydrogen-bond acceptors (Lipinski definition) is 3. The predicted octanol–water partition coefficient (Wildman–Crippen LogP) is 5.03. The third-order valence-corrected chi connectivity index (χ3v) is 4.61. The van der Waals surface area contributed by atoms with Crippen molar-refractivity contribution in [3.63, 3.8) is 0 Å². The van der Waals surface area contributed by atoms with E-state index >= 15 is 0 Å². The van der Waals surface area contributed by atoms with Gasteiger partial charge in [-0.05, 0) is 72.4 Å². The molecule has 0 saturated heterocycles. The van der Waals surface area contributed by atoms with Gasteiger partial charge in [-0.15, -0.1) is 0 Å². The minimum Gasteiger partial charge on any atom is -0.497 e. The SMILES string of the molecule is COc1ccc(/C=C/C(=O)NC(C)c2cc(C(C)C)c(OC)cc2C)cc1. The summed E-state index contributed by atoms with van der Waals surface area (Å²) in [5.74, 6) is 1.90. The van der Waals surface area contributed by atoms with Crippen LogP contribution in [-0.4, -0.2) is 20.1 Å². The number of rotatable bonds is 7. The lowest BCUT2D eigenvalue weighted by molar-refractivity contribution is -0.117. The third kappa shape index (κ3) is 5.36. The fraction of sp³-hybridized carbons (Fsp3) is 0.348. The summed E-state index contributed by atoms with van der Waals surface area (Å²) in [4.78, 5) is 12.3. The number of carbonyl (C=O) groups is 1. The molecule has 1 unspecified atom stereocenters. The normalized spacial score (nSPS) is 12.3. The minimum atomic E-state index is -0.125. The number of nitrogens with one attached hydrogen (secondary N) is 1. The van der Waals surface area contributed by atoms with Crippen molar-refractivity contribution in [1.29, 1.82) is 0 Å². The first-order chi connectivity index (χ1) is 12.8. The summed E-state index contributed by atoms with van der Waals surface area (Å²) in [6.07, 6.45) is 3.35. The molecule has 0 heterocycles. The topological polar surface area (TPSA) is 47.6 Å². The van der Waals surface area contributed by atoms with Crippen LogP contribution in [0.3, 0.4) is 0 Å². The van der Waals surface area contributed by atoms with Gasteiger partial charge in [0.15, 0.2) is 0 Å². The van der Waals surface area contributed by atoms with Crippen molar-refractivity contribution in [3.05, 3.63) is 64.7 Å². The van der Waals surface area contributed by atoms with E-state index in [4.69, 9.17) is 9.47 Å². The molecule has 2 rings (SSSR count). The molecule has 1 N–H and O–H groups in total. The number of carbonyl (C=O) groups excluding carboxylic acids is 1. The van der Waals surface area contributed by atoms with Crippen LogP contribution in [0.25, 0.3) is 6.08 Å². The maximum absolute atomic E-state index is 12.3. The molecule has 0 bridgehead atoms. The molecule has 0 aromatic heterocycles. The van der Waals surface area contributed by atoms with E-state index in [1.165, 1.54) is 0 Å². The predicted molar refractivity (Wildman–Crippen MR) is 110 cm³/mol. The Morgan fingerprint density at radius 1 is 1.00 bits per heavy atom. The third-order valence-electron chi connectivity index (χ3n) is 4.61. The summed E-state index contributed by atoms with van der Waals surface area (Å²) in [5.41, 5.74) is 4.29. The Balaban J connectivity index is 2.11. The Morgan fingerprint density at radius 2 is 1.67 bits per heavy atom. The van der Waals surface area contributed by atoms with Crippen molar-refractivity contribution >= 4 is 12.0 Å². The summed E-state index contributed by atoms with van der Waals surface area (Å²) in [7, 11) is 3.32. The number of ether oxygens (including phenoxy) is 2. The number of aryl methyl sites for hydroxylation is 1. The van der Waals surface area contributed by atoms with Crippen LogP contribution in [0.4, 0.5) is 0 Å². The van der Waals surface area contributed by atoms with Gasteiger partial charge in [0, 0.05) is 6.08 Å². The van der Waals surface area contributed by atoms with Gasteiger partial charge in [0.05, 0.1) is 20.3 Å². The second kappa shape index (κ2) is 9.26. The Bertz CT molecular complexity index is 807. The molecular formula is C23H29NO3. The maximum Gasteiger partial charge on any atom is 0.244 e. The van der Waals surface area contributed by atoms with Crippen LogP contribution in [0.5, 0.6) is 11.5 Å². The van der Waals surface area contributed by atoms with Gasteiger partial charge in [0.2, 0.25) is 5.91 Å². The van der Waals surface area contributed by atoms with E-state index in [2.05, 4.69) is 25.2 Å². The van der Waals surface area contributed by atoms with Crippen molar-refractivity contribution in [3.8, 4) is 11.5 Å². The van der Waals surface area contributed by atoms with E-state index in [9.17, 15) is 4.79 Å². The molecule has 27 heavy (non-hydrogen) atoms. The summed E-state index contributed by atoms with van der Waals surface area (Å²) in [6.45, 7) is 8.31. The molecule has 1 atom stereocenters. The molecule has 2 aromatic rings. The van der Waals surface area contributed by atoms with E-state index in [0.717, 1.165) is 33.8 Å². The van der Waals surface area contributed by atoms with Crippen LogP contribution in [-0.2, 0) is 4.79 Å². The van der Waals surface area contributed by atoms with E-state index in [1.807, 2.05) is 44.2 Å². The number of hydrogen-bond donors (Lipinski definition) is 1. The molecule has 4 heteroatoms. The van der Waals surface area contributed by atoms with E-state index < -0.39 is 0 Å². The smallest absolute Gasteiger partial charge is 0.244 e. The quantitative estimate of drug-likeness (QED) is 0.699. The van der Waals surface area contributed by atoms with Crippen LogP contribution >= 0.6 is 0 Å². The zero-order valence-electron chi connectivity index (χ0n) is 17.0. The van der Waals surface area contributed by atoms with Crippen molar-refractivity contribution in [2.75, 3.05) is 14.2 Å². The van der Waals surface area contributed by atoms with Gasteiger partial charge >= 0.3 is 0 Å². The molecule has 0 fully saturated rings. The van der Waals surface area contributed by atoms with Gasteiger partial charge in [-0.3, -0.25) is 4.79 Å². The molecule has 2 aromatic carbocycles. The highest BCUT2D eigenvalue weighted by Crippen LogP contribution is 2.32. The summed E-state index contributed by atoms with van der Waals surface area (Å²) in [6, 6.07) is 11.6. The van der Waals surface area contributed by atoms with Gasteiger partial charge in [-0.1, -0.05) is 26.0 Å². The first kappa shape index (κ1) is 20.6. The van der Waals surface area contributed by atoms with Crippen LogP contribution < -0.4 is 14.8 Å². The Labute approximate surface area is 162 Å². The van der Waals surface area contributed by atoms with Crippen LogP contribution in [0, 0.1) is 6.92 Å². The van der Waals surface area contributed by atoms with Gasteiger partial charge in [0.25, 0.3) is 0 Å². The molecule has 144 valence electrons. The standard InChI is InChI=1S/C23H29NO3/c1-15(2)20-14-21(16(3)13-22(20)27-6)17(4)24-23(25)12-9-18-7-10-19(26-5)11-8-18/h7-15,17H,1-6H3,(H,24,25)/b12-9+. The lowest BCUT2D eigenvalue weighted by atomic mass is 9.93. The van der Waals surface area contributed by atoms with Crippen molar-refractivity contribution in [2.24, 2.45) is 0 Å². The fourth-order valence-corrected chi connectivity index (χ4v) is 3.04. The second-order valence-corrected chi connectivity index (χ2v) is 6.94. The molecular weight excluding hydrogens is 338 g/mol. The summed E-state index contributed by atoms with van der Waals surface area (Å²) in [5, 5.41) is 3.04. The molecule has 0 radical (unpaired) electrons. The number of amides is 1. The Morgan fingerprint density at radius 3 is 2.22 bits per heavy atom. The van der Waals surface area contributed by atoms with Crippen molar-refractivity contribution < 1.29 is 14.3 Å². The second-order valence-electron chi connectivity index (χ2n) is 6.94. The highest BCUT2D eigenvalue weighted by Gasteiger charge is 2.16. The molecule has 0 aliphatic rings. The van der Waals surface area contributed by atoms with Crippen molar-refractivity contribution in [1.82, 2.24) is 5.32 Å². The number of methoxy groups -OCH3 is 2. The summed E-state index contributed by atoms with van der Waals surface area (Å²) < 4.78 is 10.6. The van der Waals surface area contributed by atoms with Crippen LogP contribution in [0.15, 0.2) is 42.5 Å². The Kier molecular flexibility index (Phi) is 7.05. The molecule has 1 amide bonds. The maximum atomic E-state index is 12.3. The molecule has 0 saturated carbocycles. The van der Waals surface area contributed by atoms with E-state index in [1.54, 1.807) is 26.4 Å².